The first kappa shape index (κ1) is 27.5. The van der Waals surface area contributed by atoms with Crippen molar-refractivity contribution in [1.29, 1.82) is 0 Å². The summed E-state index contributed by atoms with van der Waals surface area (Å²) >= 11 is 0. The lowest BCUT2D eigenvalue weighted by Gasteiger charge is -2.22. The Labute approximate surface area is 210 Å². The van der Waals surface area contributed by atoms with Crippen LogP contribution in [0.3, 0.4) is 0 Å². The predicted octanol–water partition coefficient (Wildman–Crippen LogP) is 6.32. The van der Waals surface area contributed by atoms with Crippen molar-refractivity contribution in [2.75, 3.05) is 6.16 Å². The Morgan fingerprint density at radius 3 is 2.28 bits per heavy atom. The van der Waals surface area contributed by atoms with Gasteiger partial charge < -0.3 is 15.1 Å². The standard InChI is InChI=1S/C28H31FNO5P/c1-4-23-26(19-10-12-21(29)13-11-19)24(14-15-36(34,35)17-22(31)16-25(32)33)27(18(2)3)30-28(23)20-8-6-5-7-9-20/h5-15,18,22,31H,4,16-17H2,1-3H3,(H,32,33)(H,34,35)/b15-14+/t22-/m0/s1. The van der Waals surface area contributed by atoms with Crippen LogP contribution in [0.5, 0.6) is 0 Å². The summed E-state index contributed by atoms with van der Waals surface area (Å²) in [6, 6.07) is 15.8. The second-order valence-corrected chi connectivity index (χ2v) is 11.2. The molecule has 3 N–H and O–H groups in total. The Morgan fingerprint density at radius 2 is 1.72 bits per heavy atom. The fraction of sp³-hybridized carbons (Fsp3) is 0.286. The van der Waals surface area contributed by atoms with E-state index in [1.807, 2.05) is 51.1 Å². The van der Waals surface area contributed by atoms with Gasteiger partial charge in [-0.3, -0.25) is 14.3 Å². The molecule has 1 heterocycles. The number of aliphatic hydroxyl groups excluding tert-OH is 1. The van der Waals surface area contributed by atoms with Crippen LogP contribution in [0.15, 0.2) is 60.4 Å². The number of aromatic nitrogens is 1. The Kier molecular flexibility index (Phi) is 8.96. The van der Waals surface area contributed by atoms with Crippen LogP contribution in [0.2, 0.25) is 0 Å². The molecule has 36 heavy (non-hydrogen) atoms. The molecule has 0 bridgehead atoms. The largest absolute Gasteiger partial charge is 0.481 e. The summed E-state index contributed by atoms with van der Waals surface area (Å²) in [5.41, 5.74) is 5.51. The Balaban J connectivity index is 2.26. The number of hydrogen-bond acceptors (Lipinski definition) is 4. The molecule has 0 saturated heterocycles. The smallest absolute Gasteiger partial charge is 0.305 e. The summed E-state index contributed by atoms with van der Waals surface area (Å²) in [5.74, 6) is -0.536. The van der Waals surface area contributed by atoms with E-state index in [9.17, 15) is 23.7 Å². The second kappa shape index (κ2) is 11.7. The highest BCUT2D eigenvalue weighted by atomic mass is 31.2. The van der Waals surface area contributed by atoms with Crippen LogP contribution >= 0.6 is 7.37 Å². The van der Waals surface area contributed by atoms with E-state index in [0.29, 0.717) is 17.7 Å². The van der Waals surface area contributed by atoms with Crippen LogP contribution in [-0.2, 0) is 15.8 Å². The minimum absolute atomic E-state index is 0.0482. The van der Waals surface area contributed by atoms with Crippen LogP contribution in [-0.4, -0.2) is 38.3 Å². The molecule has 0 amide bonds. The van der Waals surface area contributed by atoms with E-state index in [-0.39, 0.29) is 11.7 Å². The SMILES string of the molecule is CCc1c(-c2ccccc2)nc(C(C)C)c(/C=C/P(=O)(O)C[C@@H](O)CC(=O)O)c1-c1ccc(F)cc1. The molecule has 3 aromatic rings. The number of aliphatic carboxylic acids is 1. The van der Waals surface area contributed by atoms with Gasteiger partial charge in [0.1, 0.15) is 5.82 Å². The predicted molar refractivity (Wildman–Crippen MR) is 141 cm³/mol. The van der Waals surface area contributed by atoms with Gasteiger partial charge in [-0.05, 0) is 47.2 Å². The zero-order valence-electron chi connectivity index (χ0n) is 20.6. The molecule has 0 aliphatic rings. The number of nitrogens with zero attached hydrogens (tertiary/aromatic N) is 1. The third kappa shape index (κ3) is 6.76. The van der Waals surface area contributed by atoms with E-state index in [2.05, 4.69) is 0 Å². The quantitative estimate of drug-likeness (QED) is 0.275. The van der Waals surface area contributed by atoms with Crippen molar-refractivity contribution in [3.8, 4) is 22.4 Å². The van der Waals surface area contributed by atoms with Gasteiger partial charge in [-0.25, -0.2) is 4.39 Å². The van der Waals surface area contributed by atoms with Gasteiger partial charge in [0.05, 0.1) is 30.1 Å². The van der Waals surface area contributed by atoms with Crippen molar-refractivity contribution < 1.29 is 28.9 Å². The van der Waals surface area contributed by atoms with E-state index in [1.165, 1.54) is 18.2 Å². The number of pyridine rings is 1. The number of halogens is 1. The average Bonchev–Trinajstić information content (AvgIpc) is 2.81. The molecular formula is C28H31FNO5P. The molecule has 0 aliphatic carbocycles. The summed E-state index contributed by atoms with van der Waals surface area (Å²) < 4.78 is 26.6. The number of rotatable bonds is 10. The molecule has 3 rings (SSSR count). The maximum Gasteiger partial charge on any atom is 0.305 e. The molecule has 0 spiro atoms. The number of carbonyl (C=O) groups is 1. The molecule has 8 heteroatoms. The number of hydrogen-bond donors (Lipinski definition) is 3. The van der Waals surface area contributed by atoms with Gasteiger partial charge in [0.15, 0.2) is 0 Å². The maximum atomic E-state index is 13.8. The van der Waals surface area contributed by atoms with E-state index < -0.39 is 32.0 Å². The van der Waals surface area contributed by atoms with Crippen molar-refractivity contribution in [3.05, 3.63) is 83.1 Å². The number of aliphatic hydroxyl groups is 1. The van der Waals surface area contributed by atoms with Crippen LogP contribution in [0.1, 0.15) is 49.9 Å². The third-order valence-corrected chi connectivity index (χ3v) is 7.36. The maximum absolute atomic E-state index is 13.8. The lowest BCUT2D eigenvalue weighted by atomic mass is 9.87. The minimum atomic E-state index is -4.01. The zero-order valence-corrected chi connectivity index (χ0v) is 21.5. The van der Waals surface area contributed by atoms with E-state index in [1.54, 1.807) is 12.1 Å². The van der Waals surface area contributed by atoms with Gasteiger partial charge in [-0.15, -0.1) is 0 Å². The summed E-state index contributed by atoms with van der Waals surface area (Å²) in [4.78, 5) is 26.3. The molecular weight excluding hydrogens is 480 g/mol. The number of benzene rings is 2. The van der Waals surface area contributed by atoms with Crippen molar-refractivity contribution >= 4 is 19.4 Å². The van der Waals surface area contributed by atoms with E-state index in [0.717, 1.165) is 33.8 Å². The highest BCUT2D eigenvalue weighted by Gasteiger charge is 2.25. The summed E-state index contributed by atoms with van der Waals surface area (Å²) in [5, 5.41) is 18.8. The molecule has 0 aliphatic heterocycles. The Morgan fingerprint density at radius 1 is 1.08 bits per heavy atom. The first-order valence-corrected chi connectivity index (χ1v) is 13.7. The summed E-state index contributed by atoms with van der Waals surface area (Å²) in [7, 11) is -4.01. The van der Waals surface area contributed by atoms with Crippen LogP contribution in [0.25, 0.3) is 28.5 Å². The molecule has 1 aromatic heterocycles. The van der Waals surface area contributed by atoms with Crippen molar-refractivity contribution in [2.24, 2.45) is 0 Å². The first-order chi connectivity index (χ1) is 17.0. The molecule has 1 unspecified atom stereocenters. The average molecular weight is 512 g/mol. The first-order valence-electron chi connectivity index (χ1n) is 11.8. The highest BCUT2D eigenvalue weighted by molar-refractivity contribution is 7.61. The fourth-order valence-corrected chi connectivity index (χ4v) is 5.45. The molecule has 2 atom stereocenters. The molecule has 2 aromatic carbocycles. The zero-order chi connectivity index (χ0) is 26.5. The number of carboxylic acid groups (broad SMARTS) is 1. The Bertz CT molecular complexity index is 1290. The molecule has 0 saturated carbocycles. The molecule has 190 valence electrons. The van der Waals surface area contributed by atoms with Gasteiger partial charge in [0.2, 0.25) is 7.37 Å². The molecule has 6 nitrogen and oxygen atoms in total. The van der Waals surface area contributed by atoms with Gasteiger partial charge in [0, 0.05) is 16.9 Å². The van der Waals surface area contributed by atoms with Crippen LogP contribution in [0, 0.1) is 5.82 Å². The minimum Gasteiger partial charge on any atom is -0.481 e. The van der Waals surface area contributed by atoms with Crippen molar-refractivity contribution in [1.82, 2.24) is 4.98 Å². The molecule has 0 fully saturated rings. The molecule has 0 radical (unpaired) electrons. The van der Waals surface area contributed by atoms with Gasteiger partial charge in [-0.1, -0.05) is 63.2 Å². The second-order valence-electron chi connectivity index (χ2n) is 9.00. The summed E-state index contributed by atoms with van der Waals surface area (Å²) in [6.45, 7) is 5.95. The van der Waals surface area contributed by atoms with Crippen LogP contribution < -0.4 is 0 Å². The van der Waals surface area contributed by atoms with Crippen LogP contribution in [0.4, 0.5) is 4.39 Å². The fourth-order valence-electron chi connectivity index (χ4n) is 4.21. The van der Waals surface area contributed by atoms with Gasteiger partial charge in [-0.2, -0.15) is 0 Å². The van der Waals surface area contributed by atoms with Crippen molar-refractivity contribution in [2.45, 2.75) is 45.6 Å². The van der Waals surface area contributed by atoms with Gasteiger partial charge >= 0.3 is 5.97 Å². The van der Waals surface area contributed by atoms with E-state index >= 15 is 0 Å². The highest BCUT2D eigenvalue weighted by Crippen LogP contribution is 2.46. The van der Waals surface area contributed by atoms with Crippen molar-refractivity contribution in [3.63, 3.8) is 0 Å². The third-order valence-electron chi connectivity index (χ3n) is 5.80. The normalized spacial score (nSPS) is 14.2. The summed E-state index contributed by atoms with van der Waals surface area (Å²) in [6.07, 6.45) is -0.507. The topological polar surface area (TPSA) is 108 Å². The monoisotopic (exact) mass is 511 g/mol. The van der Waals surface area contributed by atoms with Gasteiger partial charge in [0.25, 0.3) is 0 Å². The lowest BCUT2D eigenvalue weighted by Crippen LogP contribution is -2.17. The number of carboxylic acids is 1. The van der Waals surface area contributed by atoms with E-state index in [4.69, 9.17) is 10.1 Å². The Hall–Kier alpha value is -3.12. The lowest BCUT2D eigenvalue weighted by molar-refractivity contribution is -0.138.